The van der Waals surface area contributed by atoms with Gasteiger partial charge >= 0.3 is 44.8 Å². The molecule has 0 fully saturated rings. The van der Waals surface area contributed by atoms with Crippen LogP contribution in [0.5, 0.6) is 0 Å². The van der Waals surface area contributed by atoms with Gasteiger partial charge in [0.1, 0.15) is 0 Å². The number of carbonyl (C=O) groups is 4. The van der Waals surface area contributed by atoms with Crippen molar-refractivity contribution in [1.29, 1.82) is 0 Å². The molecule has 0 radical (unpaired) electrons. The molecule has 272 valence electrons. The van der Waals surface area contributed by atoms with Crippen LogP contribution in [-0.4, -0.2) is 60.5 Å². The number of nitrogens with zero attached hydrogens (tertiary/aromatic N) is 4. The van der Waals surface area contributed by atoms with Gasteiger partial charge in [-0.2, -0.15) is 0 Å². The number of hydrogen-bond donors (Lipinski definition) is 4. The molecule has 0 atom stereocenters. The zero-order chi connectivity index (χ0) is 35.2. The molecule has 0 aliphatic carbocycles. The van der Waals surface area contributed by atoms with Crippen molar-refractivity contribution in [2.75, 3.05) is 20.1 Å². The molecule has 2 aromatic carbocycles. The summed E-state index contributed by atoms with van der Waals surface area (Å²) in [6.45, 7) is 0. The van der Waals surface area contributed by atoms with Crippen LogP contribution in [0.4, 0.5) is 23.3 Å². The van der Waals surface area contributed by atoms with Crippen LogP contribution in [0.2, 0.25) is 0 Å². The Morgan fingerprint density at radius 1 is 0.520 bits per heavy atom. The standard InChI is InChI=1S/2C14H14N4O5S.2Ag/c2*19-12(6-7-13(20)21)17-10-2-4-11(5-3-10)24(22,23)18-14-15-8-1-9-16-14;;/h2*1-5,8-9H,6-7H2,(H,17,19)(H,20,21)(H,15,16,18);;/q;;2*+1/p-2. The minimum atomic E-state index is -3.85. The Hall–Kier alpha value is -4.54. The number of hydrogen-bond acceptors (Lipinski definition) is 14. The summed E-state index contributed by atoms with van der Waals surface area (Å²) in [5, 5.41) is 25.5. The average Bonchev–Trinajstić information content (AvgIpc) is 3.04. The summed E-state index contributed by atoms with van der Waals surface area (Å²) >= 11 is 0. The Kier molecular flexibility index (Phi) is 18.1. The zero-order valence-corrected chi connectivity index (χ0v) is 29.8. The maximum atomic E-state index is 12.2. The van der Waals surface area contributed by atoms with Gasteiger partial charge in [0.15, 0.2) is 0 Å². The number of amides is 2. The molecule has 0 unspecified atom stereocenters. The van der Waals surface area contributed by atoms with E-state index in [-0.39, 0.29) is 92.1 Å². The molecule has 2 amide bonds. The van der Waals surface area contributed by atoms with Crippen LogP contribution in [-0.2, 0) is 84.0 Å². The van der Waals surface area contributed by atoms with E-state index in [9.17, 15) is 46.2 Å². The van der Waals surface area contributed by atoms with E-state index in [1.54, 1.807) is 12.1 Å². The van der Waals surface area contributed by atoms with E-state index in [0.717, 1.165) is 0 Å². The molecule has 0 aliphatic rings. The van der Waals surface area contributed by atoms with Gasteiger partial charge in [-0.1, -0.05) is 0 Å². The molecule has 4 N–H and O–H groups in total. The van der Waals surface area contributed by atoms with Gasteiger partial charge in [0.05, 0.1) is 9.79 Å². The first kappa shape index (κ1) is 43.5. The van der Waals surface area contributed by atoms with Crippen molar-refractivity contribution < 1.29 is 91.0 Å². The number of aromatic nitrogens is 4. The fourth-order valence-corrected chi connectivity index (χ4v) is 5.29. The van der Waals surface area contributed by atoms with Crippen LogP contribution in [0.25, 0.3) is 0 Å². The third-order valence-corrected chi connectivity index (χ3v) is 8.28. The first-order chi connectivity index (χ1) is 22.7. The third-order valence-electron chi connectivity index (χ3n) is 5.59. The van der Waals surface area contributed by atoms with Crippen molar-refractivity contribution in [2.45, 2.75) is 35.5 Å². The van der Waals surface area contributed by atoms with Gasteiger partial charge < -0.3 is 30.4 Å². The molecule has 50 heavy (non-hydrogen) atoms. The Morgan fingerprint density at radius 2 is 0.820 bits per heavy atom. The predicted molar refractivity (Wildman–Crippen MR) is 164 cm³/mol. The number of benzene rings is 2. The molecule has 4 rings (SSSR count). The monoisotopic (exact) mass is 912 g/mol. The normalized spacial score (nSPS) is 10.4. The van der Waals surface area contributed by atoms with Crippen LogP contribution in [0.3, 0.4) is 0 Å². The Morgan fingerprint density at radius 3 is 1.10 bits per heavy atom. The van der Waals surface area contributed by atoms with Gasteiger partial charge in [-0.15, -0.1) is 0 Å². The molecule has 2 aromatic heterocycles. The summed E-state index contributed by atoms with van der Waals surface area (Å²) in [6.07, 6.45) is 4.36. The van der Waals surface area contributed by atoms with Crippen molar-refractivity contribution in [3.8, 4) is 0 Å². The van der Waals surface area contributed by atoms with Crippen molar-refractivity contribution in [3.05, 3.63) is 85.5 Å². The van der Waals surface area contributed by atoms with Gasteiger partial charge in [-0.25, -0.2) is 46.2 Å². The molecule has 4 aromatic rings. The molecule has 22 heteroatoms. The van der Waals surface area contributed by atoms with Crippen molar-refractivity contribution in [2.24, 2.45) is 0 Å². The van der Waals surface area contributed by atoms with Crippen LogP contribution >= 0.6 is 0 Å². The van der Waals surface area contributed by atoms with Crippen LogP contribution in [0, 0.1) is 0 Å². The van der Waals surface area contributed by atoms with E-state index >= 15 is 0 Å². The number of nitrogens with one attached hydrogen (secondary N) is 4. The Labute approximate surface area is 317 Å². The maximum absolute atomic E-state index is 12.2. The van der Waals surface area contributed by atoms with Gasteiger partial charge in [0, 0.05) is 60.9 Å². The average molecular weight is 914 g/mol. The summed E-state index contributed by atoms with van der Waals surface area (Å²) in [5.74, 6) is -3.77. The number of anilines is 4. The number of carboxylic acid groups (broad SMARTS) is 2. The van der Waals surface area contributed by atoms with Crippen molar-refractivity contribution in [3.63, 3.8) is 0 Å². The second-order valence-electron chi connectivity index (χ2n) is 9.24. The number of carboxylic acids is 2. The largest absolute Gasteiger partial charge is 1.00 e. The fourth-order valence-electron chi connectivity index (χ4n) is 3.37. The van der Waals surface area contributed by atoms with Crippen molar-refractivity contribution in [1.82, 2.24) is 19.9 Å². The van der Waals surface area contributed by atoms with E-state index in [4.69, 9.17) is 0 Å². The smallest absolute Gasteiger partial charge is 0.550 e. The molecule has 0 aliphatic heterocycles. The molecule has 0 saturated carbocycles. The van der Waals surface area contributed by atoms with Crippen LogP contribution < -0.4 is 30.3 Å². The van der Waals surface area contributed by atoms with E-state index in [0.29, 0.717) is 11.4 Å². The molecule has 2 heterocycles. The summed E-state index contributed by atoms with van der Waals surface area (Å²) in [7, 11) is -7.71. The topological polar surface area (TPSA) is 282 Å². The summed E-state index contributed by atoms with van der Waals surface area (Å²) in [4.78, 5) is 58.6. The summed E-state index contributed by atoms with van der Waals surface area (Å²) in [6, 6.07) is 13.8. The molecule has 0 spiro atoms. The SMILES string of the molecule is O=C([O-])CCC(=O)Nc1ccc(S(=O)(=O)Nc2ncccn2)cc1.O=C([O-])CCC(=O)Nc1ccc(S(=O)(=O)Nc2ncccn2)cc1.[Ag+].[Ag+]. The van der Waals surface area contributed by atoms with Crippen LogP contribution in [0.1, 0.15) is 25.7 Å². The molecule has 0 bridgehead atoms. The first-order valence-electron chi connectivity index (χ1n) is 13.5. The second kappa shape index (κ2) is 20.9. The predicted octanol–water partition coefficient (Wildman–Crippen LogP) is -0.513. The molecule has 18 nitrogen and oxygen atoms in total. The maximum Gasteiger partial charge on any atom is 1.00 e. The number of aliphatic carboxylic acids is 2. The van der Waals surface area contributed by atoms with Crippen LogP contribution in [0.15, 0.2) is 95.2 Å². The second-order valence-corrected chi connectivity index (χ2v) is 12.6. The molecule has 0 saturated heterocycles. The van der Waals surface area contributed by atoms with E-state index in [1.807, 2.05) is 0 Å². The van der Waals surface area contributed by atoms with Gasteiger partial charge in [-0.05, 0) is 73.5 Å². The van der Waals surface area contributed by atoms with E-state index in [1.165, 1.54) is 73.3 Å². The Balaban J connectivity index is 0.000000481. The van der Waals surface area contributed by atoms with Gasteiger partial charge in [0.25, 0.3) is 20.0 Å². The third kappa shape index (κ3) is 15.3. The number of rotatable bonds is 14. The number of carbonyl (C=O) groups excluding carboxylic acids is 4. The summed E-state index contributed by atoms with van der Waals surface area (Å²) in [5.41, 5.74) is 0.682. The Bertz CT molecular complexity index is 1800. The molecular weight excluding hydrogens is 888 g/mol. The summed E-state index contributed by atoms with van der Waals surface area (Å²) < 4.78 is 53.1. The minimum absolute atomic E-state index is 0. The zero-order valence-electron chi connectivity index (χ0n) is 25.2. The number of sulfonamides is 2. The first-order valence-corrected chi connectivity index (χ1v) is 16.5. The van der Waals surface area contributed by atoms with E-state index in [2.05, 4.69) is 40.0 Å². The molecular formula is C28H26Ag2N8O10S2. The van der Waals surface area contributed by atoms with Gasteiger partial charge in [0.2, 0.25) is 23.7 Å². The van der Waals surface area contributed by atoms with Gasteiger partial charge in [-0.3, -0.25) is 9.59 Å². The fraction of sp³-hybridized carbons (Fsp3) is 0.143. The minimum Gasteiger partial charge on any atom is -0.550 e. The van der Waals surface area contributed by atoms with Crippen molar-refractivity contribution >= 4 is 67.1 Å². The quantitative estimate of drug-likeness (QED) is 0.116. The van der Waals surface area contributed by atoms with E-state index < -0.39 is 43.8 Å².